The molecule has 3 heterocycles. The Bertz CT molecular complexity index is 653. The third-order valence-electron chi connectivity index (χ3n) is 4.30. The van der Waals surface area contributed by atoms with Crippen LogP contribution in [0.3, 0.4) is 0 Å². The van der Waals surface area contributed by atoms with Crippen molar-refractivity contribution in [2.45, 2.75) is 25.3 Å². The van der Waals surface area contributed by atoms with Gasteiger partial charge in [0.25, 0.3) is 0 Å². The number of nitrogens with one attached hydrogen (secondary N) is 1. The molecule has 1 aliphatic rings. The number of aromatic nitrogens is 4. The van der Waals surface area contributed by atoms with E-state index in [1.54, 1.807) is 6.20 Å². The van der Waals surface area contributed by atoms with Crippen molar-refractivity contribution < 1.29 is 5.11 Å². The third kappa shape index (κ3) is 3.25. The molecule has 0 spiro atoms. The van der Waals surface area contributed by atoms with Crippen LogP contribution in [0.2, 0.25) is 5.15 Å². The smallest absolute Gasteiger partial charge is 0.157 e. The van der Waals surface area contributed by atoms with Crippen molar-refractivity contribution in [1.29, 1.82) is 0 Å². The Balaban J connectivity index is 1.71. The van der Waals surface area contributed by atoms with Gasteiger partial charge in [-0.25, -0.2) is 9.97 Å². The number of aliphatic hydroxyl groups excluding tert-OH is 1. The monoisotopic (exact) mass is 336 g/mol. The van der Waals surface area contributed by atoms with Crippen LogP contribution >= 0.6 is 11.6 Å². The molecule has 0 bridgehead atoms. The van der Waals surface area contributed by atoms with Crippen LogP contribution in [0.4, 0.5) is 11.5 Å². The lowest BCUT2D eigenvalue weighted by atomic mass is 9.93. The van der Waals surface area contributed by atoms with Crippen LogP contribution in [0.1, 0.15) is 24.5 Å². The van der Waals surface area contributed by atoms with E-state index in [0.717, 1.165) is 37.4 Å². The summed E-state index contributed by atoms with van der Waals surface area (Å²) in [4.78, 5) is 10.6. The fourth-order valence-corrected chi connectivity index (χ4v) is 3.39. The van der Waals surface area contributed by atoms with Crippen LogP contribution in [0.25, 0.3) is 0 Å². The molecule has 1 fully saturated rings. The summed E-state index contributed by atoms with van der Waals surface area (Å²) in [6, 6.07) is 2.05. The maximum atomic E-state index is 9.13. The predicted molar refractivity (Wildman–Crippen MR) is 90.1 cm³/mol. The lowest BCUT2D eigenvalue weighted by Gasteiger charge is -2.33. The van der Waals surface area contributed by atoms with Crippen molar-refractivity contribution >= 4 is 23.1 Å². The molecule has 0 saturated carbocycles. The van der Waals surface area contributed by atoms with Gasteiger partial charge in [-0.3, -0.25) is 4.68 Å². The summed E-state index contributed by atoms with van der Waals surface area (Å²) in [7, 11) is 1.83. The second-order valence-corrected chi connectivity index (χ2v) is 5.94. The van der Waals surface area contributed by atoms with Crippen molar-refractivity contribution in [3.8, 4) is 0 Å². The van der Waals surface area contributed by atoms with Gasteiger partial charge in [0.15, 0.2) is 11.0 Å². The van der Waals surface area contributed by atoms with E-state index >= 15 is 0 Å². The molecular formula is C15H21ClN6O. The quantitative estimate of drug-likeness (QED) is 0.810. The van der Waals surface area contributed by atoms with E-state index in [1.165, 1.54) is 12.0 Å². The van der Waals surface area contributed by atoms with Crippen LogP contribution in [0.15, 0.2) is 18.6 Å². The van der Waals surface area contributed by atoms with E-state index < -0.39 is 0 Å². The van der Waals surface area contributed by atoms with Crippen molar-refractivity contribution in [2.75, 3.05) is 37.0 Å². The van der Waals surface area contributed by atoms with Crippen molar-refractivity contribution in [2.24, 2.45) is 0 Å². The van der Waals surface area contributed by atoms with Gasteiger partial charge in [-0.05, 0) is 18.9 Å². The van der Waals surface area contributed by atoms with Gasteiger partial charge in [0.05, 0.1) is 13.2 Å². The Morgan fingerprint density at radius 2 is 2.13 bits per heavy atom. The number of anilines is 2. The number of nitrogens with zero attached hydrogens (tertiary/aromatic N) is 5. The van der Waals surface area contributed by atoms with E-state index in [2.05, 4.69) is 31.3 Å². The maximum absolute atomic E-state index is 9.13. The minimum absolute atomic E-state index is 0.110. The highest BCUT2D eigenvalue weighted by Crippen LogP contribution is 2.34. The Morgan fingerprint density at radius 3 is 2.83 bits per heavy atom. The molecule has 2 aromatic rings. The standard InChI is InChI=1S/C15H21ClN6O/c1-17-13-14(16)18-10-19-15(13)21-6-3-11(4-7-21)12-2-5-20-22(12)8-9-23/h2,5,10-11,17,23H,3-4,6-9H2,1H3. The second-order valence-electron chi connectivity index (χ2n) is 5.58. The SMILES string of the molecule is CNc1c(Cl)ncnc1N1CCC(c2ccnn2CCO)CC1. The summed E-state index contributed by atoms with van der Waals surface area (Å²) in [6.07, 6.45) is 5.34. The first-order valence-electron chi connectivity index (χ1n) is 7.80. The van der Waals surface area contributed by atoms with Crippen LogP contribution in [-0.2, 0) is 6.54 Å². The van der Waals surface area contributed by atoms with Crippen molar-refractivity contribution in [3.05, 3.63) is 29.4 Å². The second kappa shape index (κ2) is 7.14. The molecule has 0 unspecified atom stereocenters. The molecular weight excluding hydrogens is 316 g/mol. The first-order chi connectivity index (χ1) is 11.2. The molecule has 0 atom stereocenters. The molecule has 23 heavy (non-hydrogen) atoms. The Morgan fingerprint density at radius 1 is 1.35 bits per heavy atom. The molecule has 0 aromatic carbocycles. The van der Waals surface area contributed by atoms with Crippen LogP contribution in [0, 0.1) is 0 Å². The summed E-state index contributed by atoms with van der Waals surface area (Å²) in [6.45, 7) is 2.46. The highest BCUT2D eigenvalue weighted by Gasteiger charge is 2.25. The number of halogens is 1. The Kier molecular flexibility index (Phi) is 4.97. The van der Waals surface area contributed by atoms with Gasteiger partial charge in [-0.2, -0.15) is 5.10 Å². The normalized spacial score (nSPS) is 15.9. The molecule has 0 amide bonds. The topological polar surface area (TPSA) is 79.1 Å². The zero-order valence-corrected chi connectivity index (χ0v) is 13.9. The van der Waals surface area contributed by atoms with Crippen LogP contribution in [0.5, 0.6) is 0 Å². The summed E-state index contributed by atoms with van der Waals surface area (Å²) in [5, 5.41) is 17.0. The lowest BCUT2D eigenvalue weighted by molar-refractivity contribution is 0.265. The molecule has 3 rings (SSSR count). The van der Waals surface area contributed by atoms with E-state index in [0.29, 0.717) is 17.6 Å². The molecule has 1 aliphatic heterocycles. The van der Waals surface area contributed by atoms with E-state index in [9.17, 15) is 0 Å². The summed E-state index contributed by atoms with van der Waals surface area (Å²) < 4.78 is 1.90. The van der Waals surface area contributed by atoms with Crippen molar-refractivity contribution in [3.63, 3.8) is 0 Å². The van der Waals surface area contributed by atoms with E-state index in [1.807, 2.05) is 11.7 Å². The van der Waals surface area contributed by atoms with E-state index in [4.69, 9.17) is 16.7 Å². The number of hydrogen-bond acceptors (Lipinski definition) is 6. The first-order valence-corrected chi connectivity index (χ1v) is 8.18. The fourth-order valence-electron chi connectivity index (χ4n) is 3.17. The van der Waals surface area contributed by atoms with Gasteiger partial charge in [-0.15, -0.1) is 0 Å². The summed E-state index contributed by atoms with van der Waals surface area (Å²) in [5.41, 5.74) is 1.98. The largest absolute Gasteiger partial charge is 0.394 e. The molecule has 7 nitrogen and oxygen atoms in total. The molecule has 1 saturated heterocycles. The van der Waals surface area contributed by atoms with E-state index in [-0.39, 0.29) is 6.61 Å². The fraction of sp³-hybridized carbons (Fsp3) is 0.533. The summed E-state index contributed by atoms with van der Waals surface area (Å²) >= 11 is 6.14. The molecule has 0 radical (unpaired) electrons. The molecule has 124 valence electrons. The van der Waals surface area contributed by atoms with Crippen LogP contribution < -0.4 is 10.2 Å². The minimum atomic E-state index is 0.110. The molecule has 0 aliphatic carbocycles. The zero-order chi connectivity index (χ0) is 16.2. The number of aliphatic hydroxyl groups is 1. The highest BCUT2D eigenvalue weighted by atomic mass is 35.5. The Hall–Kier alpha value is -1.86. The van der Waals surface area contributed by atoms with Gasteiger partial charge >= 0.3 is 0 Å². The number of rotatable bonds is 5. The van der Waals surface area contributed by atoms with Crippen molar-refractivity contribution in [1.82, 2.24) is 19.7 Å². The van der Waals surface area contributed by atoms with Gasteiger partial charge in [0.2, 0.25) is 0 Å². The summed E-state index contributed by atoms with van der Waals surface area (Å²) in [5.74, 6) is 1.31. The maximum Gasteiger partial charge on any atom is 0.157 e. The minimum Gasteiger partial charge on any atom is -0.394 e. The highest BCUT2D eigenvalue weighted by molar-refractivity contribution is 6.32. The molecule has 2 aromatic heterocycles. The van der Waals surface area contributed by atoms with Gasteiger partial charge in [-0.1, -0.05) is 11.6 Å². The van der Waals surface area contributed by atoms with Gasteiger partial charge < -0.3 is 15.3 Å². The van der Waals surface area contributed by atoms with Gasteiger partial charge in [0, 0.05) is 37.9 Å². The zero-order valence-electron chi connectivity index (χ0n) is 13.1. The predicted octanol–water partition coefficient (Wildman–Crippen LogP) is 1.74. The first kappa shape index (κ1) is 16.0. The average Bonchev–Trinajstić information content (AvgIpc) is 3.03. The third-order valence-corrected chi connectivity index (χ3v) is 4.59. The molecule has 8 heteroatoms. The number of hydrogen-bond donors (Lipinski definition) is 2. The average molecular weight is 337 g/mol. The Labute approximate surface area is 140 Å². The van der Waals surface area contributed by atoms with Crippen LogP contribution in [-0.4, -0.2) is 51.6 Å². The van der Waals surface area contributed by atoms with Gasteiger partial charge in [0.1, 0.15) is 12.0 Å². The number of piperidine rings is 1. The lowest BCUT2D eigenvalue weighted by Crippen LogP contribution is -2.34. The molecule has 2 N–H and O–H groups in total.